The lowest BCUT2D eigenvalue weighted by Crippen LogP contribution is -2.45. The van der Waals surface area contributed by atoms with Crippen molar-refractivity contribution in [3.05, 3.63) is 47.4 Å². The van der Waals surface area contributed by atoms with Crippen molar-refractivity contribution in [3.8, 4) is 17.6 Å². The number of unbranched alkanes of at least 4 members (excludes halogenated alkanes) is 1. The summed E-state index contributed by atoms with van der Waals surface area (Å²) in [6, 6.07) is 6.12. The smallest absolute Gasteiger partial charge is 0.261 e. The number of amides is 2. The Morgan fingerprint density at radius 2 is 1.88 bits per heavy atom. The van der Waals surface area contributed by atoms with Gasteiger partial charge in [-0.05, 0) is 70.4 Å². The first-order valence-corrected chi connectivity index (χ1v) is 12.1. The molecule has 0 saturated carbocycles. The summed E-state index contributed by atoms with van der Waals surface area (Å²) in [6.07, 6.45) is 1.02. The lowest BCUT2D eigenvalue weighted by Gasteiger charge is -2.17. The number of sulfonamides is 1. The number of rotatable bonds is 12. The Labute approximate surface area is 199 Å². The first-order valence-electron chi connectivity index (χ1n) is 10.6. The molecule has 1 heterocycles. The van der Waals surface area contributed by atoms with Gasteiger partial charge in [0.2, 0.25) is 10.0 Å². The number of furan rings is 1. The summed E-state index contributed by atoms with van der Waals surface area (Å²) in [7, 11) is -4.04. The first kappa shape index (κ1) is 26.9. The topological polar surface area (TPSA) is 147 Å². The number of carbonyl (C=O) groups is 2. The van der Waals surface area contributed by atoms with Gasteiger partial charge in [0, 0.05) is 6.54 Å². The molecule has 1 atom stereocenters. The molecule has 0 aliphatic heterocycles. The number of nitrogens with one attached hydrogen (secondary N) is 3. The van der Waals surface area contributed by atoms with Crippen LogP contribution in [0.5, 0.6) is 5.75 Å². The SMILES string of the molecule is CC#CCOc1ccc(S(=O)(=O)N[C@H](CCCCNC(=O)c2cc(C)oc2C)C(=O)NO)cc1. The van der Waals surface area contributed by atoms with E-state index in [0.29, 0.717) is 42.2 Å². The summed E-state index contributed by atoms with van der Waals surface area (Å²) in [5.74, 6) is 5.89. The third kappa shape index (κ3) is 7.91. The van der Waals surface area contributed by atoms with E-state index in [1.165, 1.54) is 29.7 Å². The van der Waals surface area contributed by atoms with E-state index in [1.807, 2.05) is 0 Å². The Balaban J connectivity index is 1.89. The van der Waals surface area contributed by atoms with E-state index in [0.717, 1.165) is 0 Å². The lowest BCUT2D eigenvalue weighted by molar-refractivity contribution is -0.131. The van der Waals surface area contributed by atoms with Crippen LogP contribution in [-0.4, -0.2) is 44.6 Å². The van der Waals surface area contributed by atoms with Crippen LogP contribution in [0.4, 0.5) is 0 Å². The predicted molar refractivity (Wildman–Crippen MR) is 124 cm³/mol. The Morgan fingerprint density at radius 3 is 2.47 bits per heavy atom. The van der Waals surface area contributed by atoms with Crippen LogP contribution in [-0.2, 0) is 14.8 Å². The molecule has 0 fully saturated rings. The molecule has 0 spiro atoms. The molecule has 1 aromatic heterocycles. The molecule has 0 bridgehead atoms. The summed E-state index contributed by atoms with van der Waals surface area (Å²) >= 11 is 0. The highest BCUT2D eigenvalue weighted by atomic mass is 32.2. The fraction of sp³-hybridized carbons (Fsp3) is 0.391. The van der Waals surface area contributed by atoms with E-state index in [2.05, 4.69) is 21.9 Å². The molecule has 34 heavy (non-hydrogen) atoms. The average Bonchev–Trinajstić information content (AvgIpc) is 3.15. The second-order valence-corrected chi connectivity index (χ2v) is 9.13. The summed E-state index contributed by atoms with van der Waals surface area (Å²) in [5.41, 5.74) is 1.94. The third-order valence-corrected chi connectivity index (χ3v) is 6.32. The number of carbonyl (C=O) groups excluding carboxylic acids is 2. The molecule has 2 rings (SSSR count). The number of benzene rings is 1. The normalized spacial score (nSPS) is 11.8. The molecule has 4 N–H and O–H groups in total. The fourth-order valence-electron chi connectivity index (χ4n) is 3.11. The maximum Gasteiger partial charge on any atom is 0.261 e. The standard InChI is InChI=1S/C23H29N3O7S/c1-4-5-14-32-18-9-11-19(12-10-18)34(30,31)26-21(23(28)25-29)8-6-7-13-24-22(27)20-15-16(2)33-17(20)3/h9-12,15,21,26,29H,6-8,13-14H2,1-3H3,(H,24,27)(H,25,28)/t21-/m1/s1. The van der Waals surface area contributed by atoms with Gasteiger partial charge in [0.1, 0.15) is 29.9 Å². The average molecular weight is 492 g/mol. The molecule has 184 valence electrons. The first-order chi connectivity index (χ1) is 16.2. The lowest BCUT2D eigenvalue weighted by atomic mass is 10.1. The van der Waals surface area contributed by atoms with Crippen LogP contribution >= 0.6 is 0 Å². The van der Waals surface area contributed by atoms with Gasteiger partial charge in [0.25, 0.3) is 11.8 Å². The molecule has 0 aliphatic carbocycles. The van der Waals surface area contributed by atoms with Crippen LogP contribution in [0.25, 0.3) is 0 Å². The van der Waals surface area contributed by atoms with E-state index in [4.69, 9.17) is 14.4 Å². The quantitative estimate of drug-likeness (QED) is 0.154. The second-order valence-electron chi connectivity index (χ2n) is 7.42. The van der Waals surface area contributed by atoms with E-state index < -0.39 is 22.0 Å². The van der Waals surface area contributed by atoms with Gasteiger partial charge in [-0.15, -0.1) is 5.92 Å². The van der Waals surface area contributed by atoms with Crippen molar-refractivity contribution in [2.24, 2.45) is 0 Å². The molecule has 0 unspecified atom stereocenters. The molecule has 2 aromatic rings. The van der Waals surface area contributed by atoms with Crippen molar-refractivity contribution in [1.82, 2.24) is 15.5 Å². The van der Waals surface area contributed by atoms with Crippen LogP contribution in [0.2, 0.25) is 0 Å². The zero-order valence-electron chi connectivity index (χ0n) is 19.3. The highest BCUT2D eigenvalue weighted by Crippen LogP contribution is 2.17. The molecule has 11 heteroatoms. The molecular weight excluding hydrogens is 462 g/mol. The predicted octanol–water partition coefficient (Wildman–Crippen LogP) is 2.05. The van der Waals surface area contributed by atoms with Crippen molar-refractivity contribution >= 4 is 21.8 Å². The zero-order chi connectivity index (χ0) is 25.1. The van der Waals surface area contributed by atoms with E-state index in [1.54, 1.807) is 26.8 Å². The maximum atomic E-state index is 12.7. The minimum Gasteiger partial charge on any atom is -0.481 e. The number of ether oxygens (including phenoxy) is 1. The highest BCUT2D eigenvalue weighted by Gasteiger charge is 2.25. The Morgan fingerprint density at radius 1 is 1.18 bits per heavy atom. The number of hydrogen-bond acceptors (Lipinski definition) is 7. The van der Waals surface area contributed by atoms with Gasteiger partial charge in [-0.3, -0.25) is 14.8 Å². The monoisotopic (exact) mass is 491 g/mol. The largest absolute Gasteiger partial charge is 0.481 e. The molecule has 0 radical (unpaired) electrons. The molecule has 0 saturated heterocycles. The van der Waals surface area contributed by atoms with Crippen molar-refractivity contribution in [3.63, 3.8) is 0 Å². The fourth-order valence-corrected chi connectivity index (χ4v) is 4.34. The van der Waals surface area contributed by atoms with Gasteiger partial charge in [-0.2, -0.15) is 4.72 Å². The summed E-state index contributed by atoms with van der Waals surface area (Å²) in [4.78, 5) is 24.2. The molecule has 2 amide bonds. The van der Waals surface area contributed by atoms with Gasteiger partial charge in [0.05, 0.1) is 10.5 Å². The van der Waals surface area contributed by atoms with Gasteiger partial charge in [-0.1, -0.05) is 5.92 Å². The van der Waals surface area contributed by atoms with E-state index >= 15 is 0 Å². The Bertz CT molecular complexity index is 1150. The van der Waals surface area contributed by atoms with Crippen molar-refractivity contribution in [2.45, 2.75) is 51.0 Å². The van der Waals surface area contributed by atoms with Crippen LogP contribution in [0.3, 0.4) is 0 Å². The highest BCUT2D eigenvalue weighted by molar-refractivity contribution is 7.89. The zero-order valence-corrected chi connectivity index (χ0v) is 20.1. The molecule has 1 aromatic carbocycles. The number of aryl methyl sites for hydroxylation is 2. The molecular formula is C23H29N3O7S. The van der Waals surface area contributed by atoms with Gasteiger partial charge in [-0.25, -0.2) is 13.9 Å². The third-order valence-electron chi connectivity index (χ3n) is 4.84. The summed E-state index contributed by atoms with van der Waals surface area (Å²) in [5, 5.41) is 11.8. The van der Waals surface area contributed by atoms with Crippen molar-refractivity contribution in [2.75, 3.05) is 13.2 Å². The van der Waals surface area contributed by atoms with Crippen LogP contribution in [0.15, 0.2) is 39.6 Å². The van der Waals surface area contributed by atoms with Gasteiger partial charge < -0.3 is 14.5 Å². The van der Waals surface area contributed by atoms with Gasteiger partial charge in [0.15, 0.2) is 0 Å². The molecule has 0 aliphatic rings. The minimum atomic E-state index is -4.04. The van der Waals surface area contributed by atoms with Crippen molar-refractivity contribution in [1.29, 1.82) is 0 Å². The van der Waals surface area contributed by atoms with E-state index in [-0.39, 0.29) is 23.8 Å². The minimum absolute atomic E-state index is 0.0600. The van der Waals surface area contributed by atoms with Crippen molar-refractivity contribution < 1.29 is 32.4 Å². The molecule has 10 nitrogen and oxygen atoms in total. The summed E-state index contributed by atoms with van der Waals surface area (Å²) < 4.78 is 38.4. The number of hydrogen-bond donors (Lipinski definition) is 4. The number of hydroxylamine groups is 1. The van der Waals surface area contributed by atoms with Crippen LogP contribution < -0.4 is 20.3 Å². The second kappa shape index (κ2) is 12.8. The Hall–Kier alpha value is -3.33. The maximum absolute atomic E-state index is 12.7. The van der Waals surface area contributed by atoms with Crippen LogP contribution in [0.1, 0.15) is 48.1 Å². The van der Waals surface area contributed by atoms with Crippen LogP contribution in [0, 0.1) is 25.7 Å². The van der Waals surface area contributed by atoms with Gasteiger partial charge >= 0.3 is 0 Å². The summed E-state index contributed by atoms with van der Waals surface area (Å²) in [6.45, 7) is 5.65. The Kier molecular flexibility index (Phi) is 10.1. The van der Waals surface area contributed by atoms with E-state index in [9.17, 15) is 18.0 Å².